The number of nitrogens with zero attached hydrogens (tertiary/aromatic N) is 1. The van der Waals surface area contributed by atoms with Crippen LogP contribution in [0.15, 0.2) is 6.20 Å². The number of fused-ring (bicyclic) bond motifs is 1. The summed E-state index contributed by atoms with van der Waals surface area (Å²) in [5.41, 5.74) is 0.666. The van der Waals surface area contributed by atoms with E-state index in [1.807, 2.05) is 0 Å². The summed E-state index contributed by atoms with van der Waals surface area (Å²) >= 11 is 0. The zero-order valence-corrected chi connectivity index (χ0v) is 10.7. The van der Waals surface area contributed by atoms with Crippen LogP contribution in [0, 0.1) is 6.92 Å². The number of aliphatic hydroxyl groups excluding tert-OH is 1. The smallest absolute Gasteiger partial charge is 0.281 e. The molecule has 0 unspecified atom stereocenters. The molecule has 1 N–H and O–H groups in total. The Balaban J connectivity index is 1.88. The van der Waals surface area contributed by atoms with Crippen LogP contribution in [0.4, 0.5) is 17.6 Å². The van der Waals surface area contributed by atoms with E-state index in [1.54, 1.807) is 6.92 Å². The molecule has 3 nitrogen and oxygen atoms in total. The molecule has 0 radical (unpaired) electrons. The maximum atomic E-state index is 13.6. The van der Waals surface area contributed by atoms with Gasteiger partial charge in [0.15, 0.2) is 0 Å². The van der Waals surface area contributed by atoms with Crippen molar-refractivity contribution in [2.24, 2.45) is 0 Å². The van der Waals surface area contributed by atoms with Gasteiger partial charge in [0, 0.05) is 31.0 Å². The zero-order valence-electron chi connectivity index (χ0n) is 10.7. The fraction of sp³-hybridized carbons (Fsp3) is 0.615. The average Bonchev–Trinajstić information content (AvgIpc) is 2.53. The number of hydrogen-bond acceptors (Lipinski definition) is 3. The number of aryl methyl sites for hydroxylation is 1. The van der Waals surface area contributed by atoms with Crippen molar-refractivity contribution in [1.82, 2.24) is 4.98 Å². The normalized spacial score (nSPS) is 27.0. The van der Waals surface area contributed by atoms with Crippen LogP contribution in [0.3, 0.4) is 0 Å². The van der Waals surface area contributed by atoms with Crippen molar-refractivity contribution in [2.45, 2.75) is 50.2 Å². The van der Waals surface area contributed by atoms with Gasteiger partial charge in [0.1, 0.15) is 12.2 Å². The molecular weight excluding hydrogens is 278 g/mol. The van der Waals surface area contributed by atoms with E-state index >= 15 is 0 Å². The third-order valence-corrected chi connectivity index (χ3v) is 3.80. The summed E-state index contributed by atoms with van der Waals surface area (Å²) in [5, 5.41) is 9.65. The average molecular weight is 291 g/mol. The van der Waals surface area contributed by atoms with E-state index in [-0.39, 0.29) is 17.0 Å². The molecule has 0 saturated heterocycles. The summed E-state index contributed by atoms with van der Waals surface area (Å²) in [6.07, 6.45) is -2.85. The second-order valence-corrected chi connectivity index (χ2v) is 5.48. The van der Waals surface area contributed by atoms with Gasteiger partial charge in [-0.25, -0.2) is 22.5 Å². The number of hydrogen-bond donors (Lipinski definition) is 1. The summed E-state index contributed by atoms with van der Waals surface area (Å²) in [6.45, 7) is 1.57. The molecule has 7 heteroatoms. The van der Waals surface area contributed by atoms with Crippen molar-refractivity contribution in [1.29, 1.82) is 0 Å². The molecule has 0 aromatic carbocycles. The summed E-state index contributed by atoms with van der Waals surface area (Å²) in [5.74, 6) is -6.10. The first-order valence-electron chi connectivity index (χ1n) is 6.28. The Morgan fingerprint density at radius 2 is 1.95 bits per heavy atom. The van der Waals surface area contributed by atoms with Crippen LogP contribution in [0.1, 0.15) is 35.6 Å². The van der Waals surface area contributed by atoms with Gasteiger partial charge in [0.05, 0.1) is 0 Å². The lowest BCUT2D eigenvalue weighted by Gasteiger charge is -2.34. The lowest BCUT2D eigenvalue weighted by atomic mass is 9.91. The van der Waals surface area contributed by atoms with E-state index in [4.69, 9.17) is 4.74 Å². The number of pyridine rings is 1. The number of aliphatic hydroxyl groups is 1. The predicted molar refractivity (Wildman–Crippen MR) is 61.2 cm³/mol. The topological polar surface area (TPSA) is 42.4 Å². The number of alkyl halides is 4. The Labute approximate surface area is 112 Å². The minimum absolute atomic E-state index is 0.0673. The maximum Gasteiger partial charge on any atom is 0.281 e. The molecule has 2 aliphatic rings. The molecule has 1 aromatic heterocycles. The van der Waals surface area contributed by atoms with Gasteiger partial charge in [-0.15, -0.1) is 0 Å². The molecule has 1 atom stereocenters. The standard InChI is InChI=1S/C13H13F4NO2/c1-6-5-18-11(20-7-2-12(14,15)3-7)8-4-13(16,17)10(19)9(6)8/h5,7,10,19H,2-4H2,1H3/t10-/m0/s1. The second kappa shape index (κ2) is 4.07. The highest BCUT2D eigenvalue weighted by Gasteiger charge is 2.51. The molecule has 1 aromatic rings. The SMILES string of the molecule is Cc1cnc(OC2CC(F)(F)C2)c2c1[C@H](O)C(F)(F)C2. The van der Waals surface area contributed by atoms with Crippen LogP contribution in [-0.2, 0) is 6.42 Å². The summed E-state index contributed by atoms with van der Waals surface area (Å²) < 4.78 is 58.0. The number of rotatable bonds is 2. The molecule has 0 amide bonds. The van der Waals surface area contributed by atoms with Gasteiger partial charge < -0.3 is 9.84 Å². The van der Waals surface area contributed by atoms with Gasteiger partial charge in [-0.3, -0.25) is 0 Å². The van der Waals surface area contributed by atoms with E-state index in [0.717, 1.165) is 0 Å². The highest BCUT2D eigenvalue weighted by molar-refractivity contribution is 5.46. The molecule has 1 heterocycles. The monoisotopic (exact) mass is 291 g/mol. The van der Waals surface area contributed by atoms with Crippen LogP contribution >= 0.6 is 0 Å². The molecule has 0 aliphatic heterocycles. The van der Waals surface area contributed by atoms with Crippen molar-refractivity contribution in [3.8, 4) is 5.88 Å². The van der Waals surface area contributed by atoms with Gasteiger partial charge in [0.2, 0.25) is 5.88 Å². The first kappa shape index (κ1) is 13.6. The highest BCUT2D eigenvalue weighted by atomic mass is 19.3. The molecule has 0 spiro atoms. The quantitative estimate of drug-likeness (QED) is 0.852. The van der Waals surface area contributed by atoms with Crippen LogP contribution in [-0.4, -0.2) is 28.0 Å². The molecule has 1 fully saturated rings. The van der Waals surface area contributed by atoms with Gasteiger partial charge in [-0.1, -0.05) is 0 Å². The van der Waals surface area contributed by atoms with Gasteiger partial charge >= 0.3 is 0 Å². The molecule has 20 heavy (non-hydrogen) atoms. The van der Waals surface area contributed by atoms with Crippen molar-refractivity contribution in [3.63, 3.8) is 0 Å². The van der Waals surface area contributed by atoms with Crippen molar-refractivity contribution < 1.29 is 27.4 Å². The van der Waals surface area contributed by atoms with E-state index in [9.17, 15) is 22.7 Å². The molecule has 110 valence electrons. The van der Waals surface area contributed by atoms with E-state index in [1.165, 1.54) is 6.20 Å². The van der Waals surface area contributed by atoms with Crippen molar-refractivity contribution in [3.05, 3.63) is 22.9 Å². The minimum atomic E-state index is -3.28. The zero-order chi connectivity index (χ0) is 14.7. The largest absolute Gasteiger partial charge is 0.474 e. The van der Waals surface area contributed by atoms with E-state index < -0.39 is 43.3 Å². The van der Waals surface area contributed by atoms with Crippen LogP contribution in [0.5, 0.6) is 5.88 Å². The lowest BCUT2D eigenvalue weighted by molar-refractivity contribution is -0.135. The van der Waals surface area contributed by atoms with Crippen molar-refractivity contribution >= 4 is 0 Å². The molecular formula is C13H13F4NO2. The Morgan fingerprint density at radius 1 is 1.30 bits per heavy atom. The van der Waals surface area contributed by atoms with Crippen LogP contribution in [0.25, 0.3) is 0 Å². The van der Waals surface area contributed by atoms with Gasteiger partial charge in [0.25, 0.3) is 11.8 Å². The Hall–Kier alpha value is -1.37. The van der Waals surface area contributed by atoms with E-state index in [2.05, 4.69) is 4.98 Å². The molecule has 1 saturated carbocycles. The Kier molecular flexibility index (Phi) is 2.77. The van der Waals surface area contributed by atoms with Gasteiger partial charge in [-0.2, -0.15) is 0 Å². The number of ether oxygens (including phenoxy) is 1. The second-order valence-electron chi connectivity index (χ2n) is 5.48. The Morgan fingerprint density at radius 3 is 2.55 bits per heavy atom. The number of aromatic nitrogens is 1. The lowest BCUT2D eigenvalue weighted by Crippen LogP contribution is -2.43. The first-order valence-corrected chi connectivity index (χ1v) is 6.28. The van der Waals surface area contributed by atoms with Crippen LogP contribution in [0.2, 0.25) is 0 Å². The minimum Gasteiger partial charge on any atom is -0.474 e. The van der Waals surface area contributed by atoms with E-state index in [0.29, 0.717) is 5.56 Å². The Bertz CT molecular complexity index is 554. The summed E-state index contributed by atoms with van der Waals surface area (Å²) in [4.78, 5) is 3.91. The summed E-state index contributed by atoms with van der Waals surface area (Å²) in [6, 6.07) is 0. The fourth-order valence-corrected chi connectivity index (χ4v) is 2.70. The fourth-order valence-electron chi connectivity index (χ4n) is 2.70. The third-order valence-electron chi connectivity index (χ3n) is 3.80. The highest BCUT2D eigenvalue weighted by Crippen LogP contribution is 2.48. The van der Waals surface area contributed by atoms with Crippen molar-refractivity contribution in [2.75, 3.05) is 0 Å². The summed E-state index contributed by atoms with van der Waals surface area (Å²) in [7, 11) is 0. The molecule has 0 bridgehead atoms. The first-order chi connectivity index (χ1) is 9.20. The third kappa shape index (κ3) is 2.04. The maximum absolute atomic E-state index is 13.6. The molecule has 2 aliphatic carbocycles. The van der Waals surface area contributed by atoms with Gasteiger partial charge in [-0.05, 0) is 18.1 Å². The number of halogens is 4. The predicted octanol–water partition coefficient (Wildman–Crippen LogP) is 2.79. The molecule has 3 rings (SSSR count). The van der Waals surface area contributed by atoms with Crippen LogP contribution < -0.4 is 4.74 Å².